The van der Waals surface area contributed by atoms with Gasteiger partial charge in [0.25, 0.3) is 5.91 Å². The predicted molar refractivity (Wildman–Crippen MR) is 146 cm³/mol. The number of anilines is 2. The number of hydrogen-bond donors (Lipinski definition) is 2. The highest BCUT2D eigenvalue weighted by atomic mass is 35.5. The molecule has 0 spiro atoms. The van der Waals surface area contributed by atoms with Crippen LogP contribution >= 0.6 is 23.4 Å². The summed E-state index contributed by atoms with van der Waals surface area (Å²) >= 11 is 7.38. The van der Waals surface area contributed by atoms with Crippen molar-refractivity contribution in [3.63, 3.8) is 0 Å². The van der Waals surface area contributed by atoms with Gasteiger partial charge in [-0.2, -0.15) is 0 Å². The van der Waals surface area contributed by atoms with Gasteiger partial charge in [-0.15, -0.1) is 11.8 Å². The van der Waals surface area contributed by atoms with Gasteiger partial charge in [0, 0.05) is 32.4 Å². The first-order valence-corrected chi connectivity index (χ1v) is 12.5. The second-order valence-electron chi connectivity index (χ2n) is 8.02. The van der Waals surface area contributed by atoms with Crippen LogP contribution in [0.5, 0.6) is 0 Å². The van der Waals surface area contributed by atoms with Crippen LogP contribution in [0.1, 0.15) is 38.5 Å². The Hall–Kier alpha value is -3.87. The monoisotopic (exact) mass is 514 g/mol. The van der Waals surface area contributed by atoms with Crippen LogP contribution in [0.3, 0.4) is 0 Å². The zero-order valence-electron chi connectivity index (χ0n) is 19.4. The molecule has 0 saturated heterocycles. The number of thioether (sulfide) groups is 1. The molecule has 5 nitrogen and oxygen atoms in total. The van der Waals surface area contributed by atoms with Crippen LogP contribution in [0, 0.1) is 0 Å². The number of ketones is 1. The fourth-order valence-electron chi connectivity index (χ4n) is 3.51. The van der Waals surface area contributed by atoms with Crippen molar-refractivity contribution in [3.8, 4) is 0 Å². The zero-order valence-corrected chi connectivity index (χ0v) is 21.0. The Morgan fingerprint density at radius 1 is 0.722 bits per heavy atom. The van der Waals surface area contributed by atoms with Crippen LogP contribution in [0.15, 0.2) is 108 Å². The molecule has 0 aromatic heterocycles. The Bertz CT molecular complexity index is 1390. The molecule has 180 valence electrons. The van der Waals surface area contributed by atoms with E-state index in [0.29, 0.717) is 27.5 Å². The average Bonchev–Trinajstić information content (AvgIpc) is 2.88. The Morgan fingerprint density at radius 3 is 2.14 bits per heavy atom. The first-order valence-electron chi connectivity index (χ1n) is 11.2. The third-order valence-electron chi connectivity index (χ3n) is 5.33. The second-order valence-corrected chi connectivity index (χ2v) is 9.64. The lowest BCUT2D eigenvalue weighted by atomic mass is 10.1. The molecule has 0 heterocycles. The zero-order chi connectivity index (χ0) is 25.5. The molecule has 0 aliphatic heterocycles. The first-order chi connectivity index (χ1) is 17.4. The van der Waals surface area contributed by atoms with Crippen molar-refractivity contribution < 1.29 is 14.4 Å². The van der Waals surface area contributed by atoms with Gasteiger partial charge in [0.05, 0.1) is 0 Å². The van der Waals surface area contributed by atoms with Crippen molar-refractivity contribution in [1.82, 2.24) is 0 Å². The van der Waals surface area contributed by atoms with Crippen molar-refractivity contribution >= 4 is 52.3 Å². The van der Waals surface area contributed by atoms with Crippen LogP contribution in [0.4, 0.5) is 11.4 Å². The van der Waals surface area contributed by atoms with Gasteiger partial charge in [-0.3, -0.25) is 14.4 Å². The summed E-state index contributed by atoms with van der Waals surface area (Å²) in [6, 6.07) is 30.4. The molecule has 2 amide bonds. The number of amides is 2. The molecule has 2 N–H and O–H groups in total. The average molecular weight is 515 g/mol. The Labute approximate surface area is 218 Å². The molecule has 36 heavy (non-hydrogen) atoms. The normalized spacial score (nSPS) is 11.4. The number of benzene rings is 4. The van der Waals surface area contributed by atoms with Crippen molar-refractivity contribution in [3.05, 3.63) is 125 Å². The number of nitrogens with one attached hydrogen (secondary N) is 2. The van der Waals surface area contributed by atoms with E-state index in [9.17, 15) is 14.4 Å². The van der Waals surface area contributed by atoms with E-state index < -0.39 is 5.25 Å². The molecule has 0 fully saturated rings. The van der Waals surface area contributed by atoms with E-state index in [4.69, 9.17) is 11.6 Å². The summed E-state index contributed by atoms with van der Waals surface area (Å²) < 4.78 is 0. The minimum Gasteiger partial charge on any atom is -0.325 e. The van der Waals surface area contributed by atoms with E-state index >= 15 is 0 Å². The lowest BCUT2D eigenvalue weighted by Crippen LogP contribution is -2.19. The smallest absolute Gasteiger partial charge is 0.255 e. The summed E-state index contributed by atoms with van der Waals surface area (Å²) in [5.74, 6) is -0.505. The standard InChI is InChI=1S/C29H23ClN2O3S/c1-19(33)20-13-15-24(16-14-20)31-29(35)27(21-7-3-2-4-8-21)36-26-12-6-11-25(18-26)32-28(34)22-9-5-10-23(30)17-22/h2-18,27H,1H3,(H,31,35)(H,32,34). The fraction of sp³-hybridized carbons (Fsp3) is 0.0690. The van der Waals surface area contributed by atoms with E-state index in [2.05, 4.69) is 10.6 Å². The van der Waals surface area contributed by atoms with Crippen LogP contribution in [0.2, 0.25) is 5.02 Å². The molecule has 0 saturated carbocycles. The highest BCUT2D eigenvalue weighted by Crippen LogP contribution is 2.37. The van der Waals surface area contributed by atoms with Gasteiger partial charge in [-0.25, -0.2) is 0 Å². The quantitative estimate of drug-likeness (QED) is 0.191. The summed E-state index contributed by atoms with van der Waals surface area (Å²) in [7, 11) is 0. The minimum absolute atomic E-state index is 0.0343. The minimum atomic E-state index is -0.544. The van der Waals surface area contributed by atoms with E-state index in [0.717, 1.165) is 10.5 Å². The Morgan fingerprint density at radius 2 is 1.44 bits per heavy atom. The molecule has 0 radical (unpaired) electrons. The van der Waals surface area contributed by atoms with E-state index in [-0.39, 0.29) is 17.6 Å². The Kier molecular flexibility index (Phi) is 8.21. The summed E-state index contributed by atoms with van der Waals surface area (Å²) in [6.07, 6.45) is 0. The molecule has 1 atom stereocenters. The van der Waals surface area contributed by atoms with Crippen molar-refractivity contribution in [2.45, 2.75) is 17.1 Å². The van der Waals surface area contributed by atoms with Crippen molar-refractivity contribution in [1.29, 1.82) is 0 Å². The van der Waals surface area contributed by atoms with Crippen LogP contribution < -0.4 is 10.6 Å². The number of carbonyl (C=O) groups excluding carboxylic acids is 3. The van der Waals surface area contributed by atoms with Gasteiger partial charge in [0.1, 0.15) is 5.25 Å². The topological polar surface area (TPSA) is 75.3 Å². The van der Waals surface area contributed by atoms with Crippen LogP contribution in [-0.4, -0.2) is 17.6 Å². The molecule has 4 rings (SSSR count). The molecular weight excluding hydrogens is 492 g/mol. The van der Waals surface area contributed by atoms with Gasteiger partial charge < -0.3 is 10.6 Å². The lowest BCUT2D eigenvalue weighted by Gasteiger charge is -2.18. The largest absolute Gasteiger partial charge is 0.325 e. The number of halogens is 1. The molecule has 1 unspecified atom stereocenters. The maximum atomic E-state index is 13.3. The SMILES string of the molecule is CC(=O)c1ccc(NC(=O)C(Sc2cccc(NC(=O)c3cccc(Cl)c3)c2)c2ccccc2)cc1. The number of Topliss-reactive ketones (excluding diaryl/α,β-unsaturated/α-hetero) is 1. The molecule has 0 bridgehead atoms. The van der Waals surface area contributed by atoms with E-state index in [1.54, 1.807) is 54.6 Å². The summed E-state index contributed by atoms with van der Waals surface area (Å²) in [5.41, 5.74) is 3.09. The van der Waals surface area contributed by atoms with Gasteiger partial charge >= 0.3 is 0 Å². The first kappa shape index (κ1) is 25.2. The summed E-state index contributed by atoms with van der Waals surface area (Å²) in [5, 5.41) is 5.77. The van der Waals surface area contributed by atoms with E-state index in [1.165, 1.54) is 18.7 Å². The Balaban J connectivity index is 1.53. The molecule has 0 aliphatic carbocycles. The number of carbonyl (C=O) groups is 3. The van der Waals surface area contributed by atoms with Gasteiger partial charge in [0.15, 0.2) is 5.78 Å². The van der Waals surface area contributed by atoms with Crippen molar-refractivity contribution in [2.75, 3.05) is 10.6 Å². The van der Waals surface area contributed by atoms with Gasteiger partial charge in [-0.1, -0.05) is 54.1 Å². The maximum Gasteiger partial charge on any atom is 0.255 e. The number of hydrogen-bond acceptors (Lipinski definition) is 4. The molecule has 4 aromatic carbocycles. The van der Waals surface area contributed by atoms with Crippen molar-refractivity contribution in [2.24, 2.45) is 0 Å². The fourth-order valence-corrected chi connectivity index (χ4v) is 4.79. The highest BCUT2D eigenvalue weighted by Gasteiger charge is 2.22. The van der Waals surface area contributed by atoms with E-state index in [1.807, 2.05) is 48.5 Å². The predicted octanol–water partition coefficient (Wildman–Crippen LogP) is 7.27. The summed E-state index contributed by atoms with van der Waals surface area (Å²) in [6.45, 7) is 1.50. The van der Waals surface area contributed by atoms with Crippen LogP contribution in [-0.2, 0) is 4.79 Å². The number of rotatable bonds is 8. The maximum absolute atomic E-state index is 13.3. The highest BCUT2D eigenvalue weighted by molar-refractivity contribution is 8.00. The summed E-state index contributed by atoms with van der Waals surface area (Å²) in [4.78, 5) is 38.3. The molecule has 0 aliphatic rings. The van der Waals surface area contributed by atoms with Gasteiger partial charge in [-0.05, 0) is 73.2 Å². The molecular formula is C29H23ClN2O3S. The third kappa shape index (κ3) is 6.62. The molecule has 7 heteroatoms. The molecule has 4 aromatic rings. The third-order valence-corrected chi connectivity index (χ3v) is 6.82. The lowest BCUT2D eigenvalue weighted by molar-refractivity contribution is -0.115. The van der Waals surface area contributed by atoms with Gasteiger partial charge in [0.2, 0.25) is 5.91 Å². The van der Waals surface area contributed by atoms with Crippen LogP contribution in [0.25, 0.3) is 0 Å². The second kappa shape index (κ2) is 11.7.